The molecule has 8 aromatic rings. The molecule has 0 bridgehead atoms. The van der Waals surface area contributed by atoms with Gasteiger partial charge < -0.3 is 4.90 Å². The Bertz CT molecular complexity index is 2630. The molecule has 1 nitrogen and oxygen atoms in total. The van der Waals surface area contributed by atoms with Crippen LogP contribution in [0.4, 0.5) is 17.1 Å². The van der Waals surface area contributed by atoms with Gasteiger partial charge in [-0.15, -0.1) is 11.8 Å². The number of benzene rings is 8. The van der Waals surface area contributed by atoms with Crippen LogP contribution in [0.3, 0.4) is 0 Å². The van der Waals surface area contributed by atoms with E-state index < -0.39 is 0 Å². The molecule has 8 aromatic carbocycles. The van der Waals surface area contributed by atoms with E-state index in [0.29, 0.717) is 5.25 Å². The molecular formula is C48H33NS. The van der Waals surface area contributed by atoms with E-state index in [4.69, 9.17) is 0 Å². The van der Waals surface area contributed by atoms with Crippen molar-refractivity contribution in [2.45, 2.75) is 16.6 Å². The fourth-order valence-corrected chi connectivity index (χ4v) is 9.30. The lowest BCUT2D eigenvalue weighted by Gasteiger charge is -2.28. The third-order valence-corrected chi connectivity index (χ3v) is 11.7. The minimum Gasteiger partial charge on any atom is -0.310 e. The van der Waals surface area contributed by atoms with E-state index in [-0.39, 0.29) is 0 Å². The van der Waals surface area contributed by atoms with E-state index >= 15 is 0 Å². The van der Waals surface area contributed by atoms with Crippen molar-refractivity contribution in [3.8, 4) is 22.3 Å². The topological polar surface area (TPSA) is 3.24 Å². The van der Waals surface area contributed by atoms with Crippen molar-refractivity contribution in [2.75, 3.05) is 4.90 Å². The molecule has 2 heteroatoms. The molecule has 0 radical (unpaired) electrons. The summed E-state index contributed by atoms with van der Waals surface area (Å²) < 4.78 is 0. The molecule has 0 fully saturated rings. The Morgan fingerprint density at radius 1 is 0.500 bits per heavy atom. The second-order valence-corrected chi connectivity index (χ2v) is 14.4. The summed E-state index contributed by atoms with van der Waals surface area (Å²) in [4.78, 5) is 3.83. The first kappa shape index (κ1) is 29.1. The predicted octanol–water partition coefficient (Wildman–Crippen LogP) is 13.8. The van der Waals surface area contributed by atoms with E-state index in [9.17, 15) is 0 Å². The predicted molar refractivity (Wildman–Crippen MR) is 216 cm³/mol. The summed E-state index contributed by atoms with van der Waals surface area (Å²) in [7, 11) is 0. The van der Waals surface area contributed by atoms with Crippen LogP contribution in [0.1, 0.15) is 12.0 Å². The number of allylic oxidation sites excluding steroid dienone is 3. The van der Waals surface area contributed by atoms with Crippen LogP contribution in [0, 0.1) is 0 Å². The molecule has 2 aliphatic rings. The van der Waals surface area contributed by atoms with E-state index in [1.54, 1.807) is 0 Å². The fourth-order valence-electron chi connectivity index (χ4n) is 7.96. The lowest BCUT2D eigenvalue weighted by molar-refractivity contribution is 1.09. The Kier molecular flexibility index (Phi) is 6.96. The van der Waals surface area contributed by atoms with Crippen molar-refractivity contribution in [2.24, 2.45) is 0 Å². The second-order valence-electron chi connectivity index (χ2n) is 13.2. The van der Waals surface area contributed by atoms with Gasteiger partial charge in [-0.1, -0.05) is 146 Å². The fraction of sp³-hybridized carbons (Fsp3) is 0.0417. The van der Waals surface area contributed by atoms with Gasteiger partial charge in [0, 0.05) is 32.5 Å². The molecule has 0 N–H and O–H groups in total. The molecule has 0 aromatic heterocycles. The Morgan fingerprint density at radius 3 is 1.96 bits per heavy atom. The molecule has 1 aliphatic carbocycles. The van der Waals surface area contributed by atoms with Crippen molar-refractivity contribution in [3.63, 3.8) is 0 Å². The molecule has 1 unspecified atom stereocenters. The minimum atomic E-state index is 0.516. The van der Waals surface area contributed by atoms with E-state index in [1.807, 2.05) is 11.8 Å². The van der Waals surface area contributed by atoms with Crippen LogP contribution in [0.25, 0.3) is 60.1 Å². The number of hydrogen-bond acceptors (Lipinski definition) is 2. The first-order valence-electron chi connectivity index (χ1n) is 17.4. The number of anilines is 3. The van der Waals surface area contributed by atoms with Gasteiger partial charge in [0.1, 0.15) is 0 Å². The summed E-state index contributed by atoms with van der Waals surface area (Å²) in [5.74, 6) is 0. The summed E-state index contributed by atoms with van der Waals surface area (Å²) in [6, 6.07) is 60.2. The zero-order valence-corrected chi connectivity index (χ0v) is 28.3. The van der Waals surface area contributed by atoms with E-state index in [2.05, 4.69) is 187 Å². The molecule has 1 aliphatic heterocycles. The van der Waals surface area contributed by atoms with Crippen LogP contribution in [-0.4, -0.2) is 5.25 Å². The first-order valence-corrected chi connectivity index (χ1v) is 18.2. The standard InChI is InChI=1S/C48H33NS/c1-2-11-32(12-3-1)33-21-26-36(27-22-33)49(45-31-44-38-14-5-4-13-34(38)25-30-41(44)40-15-6-7-16-42(40)45)37-28-23-35(24-29-37)39-18-10-20-47-48(39)43-17-8-9-19-46(43)50-47/h1-18,20-31,46H,19H2. The van der Waals surface area contributed by atoms with Gasteiger partial charge in [-0.05, 0) is 97.6 Å². The molecule has 50 heavy (non-hydrogen) atoms. The highest BCUT2D eigenvalue weighted by Gasteiger charge is 2.30. The van der Waals surface area contributed by atoms with Crippen molar-refractivity contribution in [1.29, 1.82) is 0 Å². The lowest BCUT2D eigenvalue weighted by atomic mass is 9.90. The van der Waals surface area contributed by atoms with Gasteiger partial charge in [-0.2, -0.15) is 0 Å². The Balaban J connectivity index is 1.17. The summed E-state index contributed by atoms with van der Waals surface area (Å²) in [6.07, 6.45) is 7.93. The van der Waals surface area contributed by atoms with Gasteiger partial charge >= 0.3 is 0 Å². The summed E-state index contributed by atoms with van der Waals surface area (Å²) in [5, 5.41) is 8.07. The highest BCUT2D eigenvalue weighted by Crippen LogP contribution is 2.51. The summed E-state index contributed by atoms with van der Waals surface area (Å²) in [5.41, 5.74) is 11.3. The third kappa shape index (κ3) is 4.79. The maximum Gasteiger partial charge on any atom is 0.0546 e. The Labute approximate surface area is 296 Å². The number of hydrogen-bond donors (Lipinski definition) is 0. The number of nitrogens with zero attached hydrogens (tertiary/aromatic N) is 1. The van der Waals surface area contributed by atoms with Crippen LogP contribution in [0.5, 0.6) is 0 Å². The minimum absolute atomic E-state index is 0.516. The van der Waals surface area contributed by atoms with Gasteiger partial charge in [-0.3, -0.25) is 0 Å². The Morgan fingerprint density at radius 2 is 1.16 bits per heavy atom. The number of thioether (sulfide) groups is 1. The SMILES string of the molecule is C1=CCC2Sc3cccc(-c4ccc(N(c5ccc(-c6ccccc6)cc5)c5cc6c7ccccc7ccc6c6ccccc56)cc4)c3C2=C1. The normalized spacial score (nSPS) is 14.9. The van der Waals surface area contributed by atoms with E-state index in [0.717, 1.165) is 17.8 Å². The molecule has 0 spiro atoms. The molecular weight excluding hydrogens is 623 g/mol. The third-order valence-electron chi connectivity index (χ3n) is 10.3. The quantitative estimate of drug-likeness (QED) is 0.170. The van der Waals surface area contributed by atoms with Crippen molar-refractivity contribution < 1.29 is 0 Å². The molecule has 10 rings (SSSR count). The molecule has 1 heterocycles. The van der Waals surface area contributed by atoms with Gasteiger partial charge in [0.05, 0.1) is 5.69 Å². The molecule has 236 valence electrons. The monoisotopic (exact) mass is 655 g/mol. The molecule has 0 amide bonds. The Hall–Kier alpha value is -5.83. The van der Waals surface area contributed by atoms with Gasteiger partial charge in [-0.25, -0.2) is 0 Å². The van der Waals surface area contributed by atoms with Gasteiger partial charge in [0.15, 0.2) is 0 Å². The smallest absolute Gasteiger partial charge is 0.0546 e. The van der Waals surface area contributed by atoms with Crippen molar-refractivity contribution in [3.05, 3.63) is 188 Å². The van der Waals surface area contributed by atoms with Crippen molar-refractivity contribution >= 4 is 66.7 Å². The highest BCUT2D eigenvalue weighted by molar-refractivity contribution is 8.00. The summed E-state index contributed by atoms with van der Waals surface area (Å²) >= 11 is 2.01. The van der Waals surface area contributed by atoms with Crippen LogP contribution >= 0.6 is 11.8 Å². The van der Waals surface area contributed by atoms with Crippen molar-refractivity contribution in [1.82, 2.24) is 0 Å². The molecule has 1 atom stereocenters. The first-order chi connectivity index (χ1) is 24.8. The average molecular weight is 656 g/mol. The molecule has 0 saturated carbocycles. The maximum atomic E-state index is 2.44. The maximum absolute atomic E-state index is 2.44. The van der Waals surface area contributed by atoms with Gasteiger partial charge in [0.25, 0.3) is 0 Å². The zero-order valence-electron chi connectivity index (χ0n) is 27.5. The highest BCUT2D eigenvalue weighted by atomic mass is 32.2. The van der Waals surface area contributed by atoms with Crippen LogP contribution in [-0.2, 0) is 0 Å². The average Bonchev–Trinajstić information content (AvgIpc) is 3.58. The van der Waals surface area contributed by atoms with Gasteiger partial charge in [0.2, 0.25) is 0 Å². The van der Waals surface area contributed by atoms with Crippen LogP contribution in [0.15, 0.2) is 187 Å². The van der Waals surface area contributed by atoms with E-state index in [1.165, 1.54) is 76.3 Å². The summed E-state index contributed by atoms with van der Waals surface area (Å²) in [6.45, 7) is 0. The number of rotatable bonds is 5. The zero-order chi connectivity index (χ0) is 33.0. The van der Waals surface area contributed by atoms with Crippen LogP contribution < -0.4 is 4.90 Å². The molecule has 0 saturated heterocycles. The van der Waals surface area contributed by atoms with Crippen LogP contribution in [0.2, 0.25) is 0 Å². The lowest BCUT2D eigenvalue weighted by Crippen LogP contribution is -2.10. The second kappa shape index (κ2) is 11.9. The largest absolute Gasteiger partial charge is 0.310 e. The number of fused-ring (bicyclic) bond motifs is 8.